The zero-order valence-corrected chi connectivity index (χ0v) is 17.4. The SMILES string of the molecule is COCCCN1C(=O)SC(=Cc2cc(C)n(-c3ccc4c(c3)OCO4)c2C)C1=O. The quantitative estimate of drug-likeness (QED) is 0.528. The van der Waals surface area contributed by atoms with Gasteiger partial charge in [-0.05, 0) is 61.9 Å². The molecule has 0 saturated carbocycles. The van der Waals surface area contributed by atoms with Crippen molar-refractivity contribution in [1.82, 2.24) is 9.47 Å². The molecule has 0 atom stereocenters. The number of benzene rings is 1. The van der Waals surface area contributed by atoms with Crippen molar-refractivity contribution in [2.45, 2.75) is 20.3 Å². The van der Waals surface area contributed by atoms with Crippen LogP contribution in [0.5, 0.6) is 11.5 Å². The molecule has 0 bridgehead atoms. The van der Waals surface area contributed by atoms with Crippen LogP contribution in [-0.2, 0) is 9.53 Å². The van der Waals surface area contributed by atoms with Crippen LogP contribution in [0.1, 0.15) is 23.4 Å². The summed E-state index contributed by atoms with van der Waals surface area (Å²) in [6.45, 7) is 5.11. The van der Waals surface area contributed by atoms with E-state index in [9.17, 15) is 9.59 Å². The number of aryl methyl sites for hydroxylation is 1. The van der Waals surface area contributed by atoms with E-state index in [0.29, 0.717) is 30.2 Å². The third kappa shape index (κ3) is 3.65. The number of thioether (sulfide) groups is 1. The highest BCUT2D eigenvalue weighted by molar-refractivity contribution is 8.18. The molecule has 0 radical (unpaired) electrons. The maximum atomic E-state index is 12.7. The summed E-state index contributed by atoms with van der Waals surface area (Å²) in [7, 11) is 1.60. The van der Waals surface area contributed by atoms with Crippen LogP contribution in [0.15, 0.2) is 29.2 Å². The van der Waals surface area contributed by atoms with Gasteiger partial charge in [0.1, 0.15) is 0 Å². The highest BCUT2D eigenvalue weighted by Gasteiger charge is 2.34. The molecule has 152 valence electrons. The van der Waals surface area contributed by atoms with Gasteiger partial charge in [0.25, 0.3) is 11.1 Å². The van der Waals surface area contributed by atoms with Crippen molar-refractivity contribution < 1.29 is 23.8 Å². The van der Waals surface area contributed by atoms with Gasteiger partial charge in [0.05, 0.1) is 4.91 Å². The van der Waals surface area contributed by atoms with Crippen molar-refractivity contribution in [3.8, 4) is 17.2 Å². The molecule has 4 rings (SSSR count). The molecule has 1 fully saturated rings. The number of amides is 2. The predicted octanol–water partition coefficient (Wildman–Crippen LogP) is 3.90. The van der Waals surface area contributed by atoms with E-state index in [2.05, 4.69) is 4.57 Å². The van der Waals surface area contributed by atoms with Crippen LogP contribution in [0.25, 0.3) is 11.8 Å². The van der Waals surface area contributed by atoms with Crippen molar-refractivity contribution in [1.29, 1.82) is 0 Å². The smallest absolute Gasteiger partial charge is 0.293 e. The Morgan fingerprint density at radius 3 is 2.76 bits per heavy atom. The van der Waals surface area contributed by atoms with Gasteiger partial charge in [-0.15, -0.1) is 0 Å². The molecule has 2 aliphatic heterocycles. The third-order valence-electron chi connectivity index (χ3n) is 4.98. The van der Waals surface area contributed by atoms with Crippen molar-refractivity contribution >= 4 is 29.0 Å². The van der Waals surface area contributed by atoms with Gasteiger partial charge in [0.15, 0.2) is 11.5 Å². The molecule has 1 aromatic carbocycles. The van der Waals surface area contributed by atoms with E-state index in [0.717, 1.165) is 40.2 Å². The lowest BCUT2D eigenvalue weighted by Crippen LogP contribution is -2.29. The fraction of sp³-hybridized carbons (Fsp3) is 0.333. The highest BCUT2D eigenvalue weighted by atomic mass is 32.2. The minimum absolute atomic E-state index is 0.230. The molecule has 1 aromatic heterocycles. The predicted molar refractivity (Wildman–Crippen MR) is 111 cm³/mol. The number of carbonyl (C=O) groups is 2. The highest BCUT2D eigenvalue weighted by Crippen LogP contribution is 2.36. The number of hydrogen-bond donors (Lipinski definition) is 0. The minimum atomic E-state index is -0.246. The molecule has 0 unspecified atom stereocenters. The molecule has 29 heavy (non-hydrogen) atoms. The summed E-state index contributed by atoms with van der Waals surface area (Å²) >= 11 is 0.983. The van der Waals surface area contributed by atoms with Crippen LogP contribution < -0.4 is 9.47 Å². The van der Waals surface area contributed by atoms with Crippen molar-refractivity contribution in [3.63, 3.8) is 0 Å². The van der Waals surface area contributed by atoms with Gasteiger partial charge in [-0.25, -0.2) is 0 Å². The Kier molecular flexibility index (Phi) is 5.38. The molecule has 7 nitrogen and oxygen atoms in total. The van der Waals surface area contributed by atoms with Gasteiger partial charge in [0, 0.05) is 43.4 Å². The maximum absolute atomic E-state index is 12.7. The van der Waals surface area contributed by atoms with E-state index >= 15 is 0 Å². The fourth-order valence-corrected chi connectivity index (χ4v) is 4.41. The Hall–Kier alpha value is -2.71. The van der Waals surface area contributed by atoms with Gasteiger partial charge >= 0.3 is 0 Å². The Balaban J connectivity index is 1.61. The molecule has 3 heterocycles. The monoisotopic (exact) mass is 414 g/mol. The minimum Gasteiger partial charge on any atom is -0.454 e. The first-order chi connectivity index (χ1) is 14.0. The Labute approximate surface area is 173 Å². The summed E-state index contributed by atoms with van der Waals surface area (Å²) in [4.78, 5) is 26.6. The fourth-order valence-electron chi connectivity index (χ4n) is 3.56. The third-order valence-corrected chi connectivity index (χ3v) is 5.88. The molecule has 8 heteroatoms. The number of rotatable bonds is 6. The first-order valence-electron chi connectivity index (χ1n) is 9.33. The summed E-state index contributed by atoms with van der Waals surface area (Å²) in [5.41, 5.74) is 3.86. The zero-order valence-electron chi connectivity index (χ0n) is 16.6. The van der Waals surface area contributed by atoms with Crippen LogP contribution >= 0.6 is 11.8 Å². The topological polar surface area (TPSA) is 70.0 Å². The Morgan fingerprint density at radius 2 is 1.97 bits per heavy atom. The standard InChI is InChI=1S/C21H22N2O5S/c1-13-9-15(10-19-20(24)22(21(25)29-19)7-4-8-26-3)14(2)23(13)16-5-6-17-18(11-16)28-12-27-17/h5-6,9-11H,4,7-8,12H2,1-3H3. The lowest BCUT2D eigenvalue weighted by molar-refractivity contribution is -0.122. The van der Waals surface area contributed by atoms with E-state index < -0.39 is 0 Å². The number of imide groups is 1. The van der Waals surface area contributed by atoms with Crippen molar-refractivity contribution in [2.24, 2.45) is 0 Å². The second kappa shape index (κ2) is 7.96. The van der Waals surface area contributed by atoms with Crippen LogP contribution in [0.4, 0.5) is 4.79 Å². The van der Waals surface area contributed by atoms with Crippen LogP contribution in [0.3, 0.4) is 0 Å². The van der Waals surface area contributed by atoms with Gasteiger partial charge in [0.2, 0.25) is 6.79 Å². The van der Waals surface area contributed by atoms with Gasteiger partial charge in [-0.1, -0.05) is 0 Å². The van der Waals surface area contributed by atoms with Crippen LogP contribution in [0, 0.1) is 13.8 Å². The summed E-state index contributed by atoms with van der Waals surface area (Å²) in [6, 6.07) is 7.82. The van der Waals surface area contributed by atoms with E-state index in [1.54, 1.807) is 13.2 Å². The Morgan fingerprint density at radius 1 is 1.17 bits per heavy atom. The summed E-state index contributed by atoms with van der Waals surface area (Å²) < 4.78 is 18.0. The lowest BCUT2D eigenvalue weighted by Gasteiger charge is -2.11. The number of methoxy groups -OCH3 is 1. The number of nitrogens with zero attached hydrogens (tertiary/aromatic N) is 2. The molecular weight excluding hydrogens is 392 g/mol. The second-order valence-electron chi connectivity index (χ2n) is 6.88. The van der Waals surface area contributed by atoms with Gasteiger partial charge in [-0.3, -0.25) is 14.5 Å². The number of hydrogen-bond acceptors (Lipinski definition) is 6. The number of carbonyl (C=O) groups excluding carboxylic acids is 2. The summed E-state index contributed by atoms with van der Waals surface area (Å²) in [5.74, 6) is 1.20. The largest absolute Gasteiger partial charge is 0.454 e. The van der Waals surface area contributed by atoms with E-state index in [4.69, 9.17) is 14.2 Å². The molecular formula is C21H22N2O5S. The van der Waals surface area contributed by atoms with Crippen molar-refractivity contribution in [2.75, 3.05) is 27.1 Å². The average molecular weight is 414 g/mol. The van der Waals surface area contributed by atoms with E-state index in [-0.39, 0.29) is 17.9 Å². The molecule has 1 saturated heterocycles. The van der Waals surface area contributed by atoms with Gasteiger partial charge < -0.3 is 18.8 Å². The number of ether oxygens (including phenoxy) is 3. The number of aromatic nitrogens is 1. The molecule has 0 spiro atoms. The normalized spacial score (nSPS) is 17.1. The Bertz CT molecular complexity index is 1010. The molecule has 2 amide bonds. The molecule has 0 N–H and O–H groups in total. The second-order valence-corrected chi connectivity index (χ2v) is 7.87. The van der Waals surface area contributed by atoms with Crippen molar-refractivity contribution in [3.05, 3.63) is 46.1 Å². The average Bonchev–Trinajstić information content (AvgIpc) is 3.34. The first kappa shape index (κ1) is 19.6. The lowest BCUT2D eigenvalue weighted by atomic mass is 10.2. The molecule has 0 aliphatic carbocycles. The van der Waals surface area contributed by atoms with E-state index in [1.807, 2.05) is 38.1 Å². The maximum Gasteiger partial charge on any atom is 0.293 e. The zero-order chi connectivity index (χ0) is 20.5. The molecule has 2 aromatic rings. The van der Waals surface area contributed by atoms with E-state index in [1.165, 1.54) is 4.90 Å². The molecule has 2 aliphatic rings. The summed E-state index contributed by atoms with van der Waals surface area (Å²) in [5, 5.41) is -0.234. The van der Waals surface area contributed by atoms with Crippen LogP contribution in [0.2, 0.25) is 0 Å². The number of fused-ring (bicyclic) bond motifs is 1. The van der Waals surface area contributed by atoms with Gasteiger partial charge in [-0.2, -0.15) is 0 Å². The summed E-state index contributed by atoms with van der Waals surface area (Å²) in [6.07, 6.45) is 2.42. The first-order valence-corrected chi connectivity index (χ1v) is 10.1. The van der Waals surface area contributed by atoms with Crippen LogP contribution in [-0.4, -0.2) is 47.7 Å².